The Kier molecular flexibility index (Phi) is 3.88. The molecule has 20 heavy (non-hydrogen) atoms. The lowest BCUT2D eigenvalue weighted by atomic mass is 9.93. The fraction of sp³-hybridized carbons (Fsp3) is 0.647. The summed E-state index contributed by atoms with van der Waals surface area (Å²) in [5, 5.41) is 3.55. The first kappa shape index (κ1) is 13.7. The van der Waals surface area contributed by atoms with Gasteiger partial charge in [-0.3, -0.25) is 0 Å². The van der Waals surface area contributed by atoms with Gasteiger partial charge in [0.2, 0.25) is 0 Å². The first-order valence-electron chi connectivity index (χ1n) is 7.88. The van der Waals surface area contributed by atoms with E-state index in [1.165, 1.54) is 37.1 Å². The first-order chi connectivity index (χ1) is 9.63. The SMILES string of the molecule is CC(C)Oc1ccc2c(c1)NCC2C[C@H]1CCCN1C. The minimum atomic E-state index is 0.234. The molecule has 3 heteroatoms. The zero-order valence-electron chi connectivity index (χ0n) is 12.9. The molecular formula is C17H26N2O. The predicted octanol–water partition coefficient (Wildman–Crippen LogP) is 3.47. The van der Waals surface area contributed by atoms with E-state index in [-0.39, 0.29) is 6.10 Å². The van der Waals surface area contributed by atoms with Crippen LogP contribution in [0.5, 0.6) is 5.75 Å². The highest BCUT2D eigenvalue weighted by Gasteiger charge is 2.29. The van der Waals surface area contributed by atoms with E-state index in [9.17, 15) is 0 Å². The van der Waals surface area contributed by atoms with Crippen LogP contribution in [0.15, 0.2) is 18.2 Å². The summed E-state index contributed by atoms with van der Waals surface area (Å²) in [5.74, 6) is 1.63. The highest BCUT2D eigenvalue weighted by molar-refractivity contribution is 5.60. The quantitative estimate of drug-likeness (QED) is 0.910. The molecule has 3 nitrogen and oxygen atoms in total. The molecule has 1 N–H and O–H groups in total. The normalized spacial score (nSPS) is 25.8. The maximum Gasteiger partial charge on any atom is 0.121 e. The van der Waals surface area contributed by atoms with Gasteiger partial charge in [-0.2, -0.15) is 0 Å². The number of nitrogens with one attached hydrogen (secondary N) is 1. The lowest BCUT2D eigenvalue weighted by Crippen LogP contribution is -2.27. The van der Waals surface area contributed by atoms with Crippen molar-refractivity contribution in [3.63, 3.8) is 0 Å². The molecule has 1 fully saturated rings. The van der Waals surface area contributed by atoms with Crippen molar-refractivity contribution in [3.05, 3.63) is 23.8 Å². The number of benzene rings is 1. The van der Waals surface area contributed by atoms with E-state index in [4.69, 9.17) is 4.74 Å². The Morgan fingerprint density at radius 1 is 1.40 bits per heavy atom. The van der Waals surface area contributed by atoms with Crippen LogP contribution in [0.2, 0.25) is 0 Å². The van der Waals surface area contributed by atoms with Crippen LogP contribution in [-0.4, -0.2) is 37.2 Å². The number of hydrogen-bond acceptors (Lipinski definition) is 3. The zero-order valence-corrected chi connectivity index (χ0v) is 12.9. The van der Waals surface area contributed by atoms with Gasteiger partial charge in [-0.15, -0.1) is 0 Å². The lowest BCUT2D eigenvalue weighted by Gasteiger charge is -2.22. The van der Waals surface area contributed by atoms with E-state index in [1.54, 1.807) is 0 Å². The van der Waals surface area contributed by atoms with Crippen LogP contribution in [0.3, 0.4) is 0 Å². The third-order valence-corrected chi connectivity index (χ3v) is 4.60. The van der Waals surface area contributed by atoms with Crippen molar-refractivity contribution in [2.45, 2.75) is 51.2 Å². The minimum Gasteiger partial charge on any atom is -0.491 e. The number of fused-ring (bicyclic) bond motifs is 1. The first-order valence-corrected chi connectivity index (χ1v) is 7.88. The average Bonchev–Trinajstić information content (AvgIpc) is 2.97. The molecule has 110 valence electrons. The van der Waals surface area contributed by atoms with Crippen LogP contribution in [-0.2, 0) is 0 Å². The summed E-state index contributed by atoms with van der Waals surface area (Å²) in [7, 11) is 2.26. The summed E-state index contributed by atoms with van der Waals surface area (Å²) in [4.78, 5) is 2.52. The number of nitrogens with zero attached hydrogens (tertiary/aromatic N) is 1. The molecule has 2 aliphatic rings. The molecule has 1 aromatic carbocycles. The Hall–Kier alpha value is -1.22. The molecular weight excluding hydrogens is 248 g/mol. The van der Waals surface area contributed by atoms with Crippen molar-refractivity contribution in [2.75, 3.05) is 25.5 Å². The molecule has 0 aliphatic carbocycles. The van der Waals surface area contributed by atoms with E-state index in [2.05, 4.69) is 49.3 Å². The topological polar surface area (TPSA) is 24.5 Å². The molecule has 0 radical (unpaired) electrons. The van der Waals surface area contributed by atoms with Crippen LogP contribution in [0.25, 0.3) is 0 Å². The molecule has 2 aliphatic heterocycles. The fourth-order valence-corrected chi connectivity index (χ4v) is 3.55. The van der Waals surface area contributed by atoms with Crippen molar-refractivity contribution in [1.29, 1.82) is 0 Å². The lowest BCUT2D eigenvalue weighted by molar-refractivity contribution is 0.242. The summed E-state index contributed by atoms with van der Waals surface area (Å²) >= 11 is 0. The van der Waals surface area contributed by atoms with Gasteiger partial charge in [0.15, 0.2) is 0 Å². The molecule has 1 unspecified atom stereocenters. The van der Waals surface area contributed by atoms with Gasteiger partial charge in [0.1, 0.15) is 5.75 Å². The summed E-state index contributed by atoms with van der Waals surface area (Å²) in [6, 6.07) is 7.30. The molecule has 0 saturated carbocycles. The van der Waals surface area contributed by atoms with Crippen LogP contribution < -0.4 is 10.1 Å². The Labute approximate surface area is 122 Å². The van der Waals surface area contributed by atoms with Gasteiger partial charge in [-0.1, -0.05) is 6.07 Å². The number of anilines is 1. The monoisotopic (exact) mass is 274 g/mol. The largest absolute Gasteiger partial charge is 0.491 e. The Morgan fingerprint density at radius 3 is 2.95 bits per heavy atom. The molecule has 2 atom stereocenters. The maximum absolute atomic E-state index is 5.78. The van der Waals surface area contributed by atoms with Crippen molar-refractivity contribution in [1.82, 2.24) is 4.90 Å². The van der Waals surface area contributed by atoms with Crippen molar-refractivity contribution >= 4 is 5.69 Å². The number of rotatable bonds is 4. The third kappa shape index (κ3) is 2.78. The van der Waals surface area contributed by atoms with E-state index in [0.717, 1.165) is 18.3 Å². The van der Waals surface area contributed by atoms with Gasteiger partial charge in [0.25, 0.3) is 0 Å². The minimum absolute atomic E-state index is 0.234. The van der Waals surface area contributed by atoms with Gasteiger partial charge >= 0.3 is 0 Å². The third-order valence-electron chi connectivity index (χ3n) is 4.60. The summed E-state index contributed by atoms with van der Waals surface area (Å²) in [6.07, 6.45) is 4.23. The van der Waals surface area contributed by atoms with Gasteiger partial charge in [0, 0.05) is 30.3 Å². The Balaban J connectivity index is 1.70. The zero-order chi connectivity index (χ0) is 14.1. The summed E-state index contributed by atoms with van der Waals surface area (Å²) < 4.78 is 5.78. The van der Waals surface area contributed by atoms with Gasteiger partial charge in [0.05, 0.1) is 6.10 Å². The Bertz CT molecular complexity index is 472. The second-order valence-corrected chi connectivity index (χ2v) is 6.51. The molecule has 0 bridgehead atoms. The van der Waals surface area contributed by atoms with E-state index in [0.29, 0.717) is 5.92 Å². The molecule has 1 saturated heterocycles. The second kappa shape index (κ2) is 5.65. The average molecular weight is 274 g/mol. The second-order valence-electron chi connectivity index (χ2n) is 6.51. The number of hydrogen-bond donors (Lipinski definition) is 1. The van der Waals surface area contributed by atoms with E-state index in [1.807, 2.05) is 0 Å². The highest BCUT2D eigenvalue weighted by Crippen LogP contribution is 2.38. The molecule has 0 aromatic heterocycles. The van der Waals surface area contributed by atoms with Gasteiger partial charge < -0.3 is 15.0 Å². The van der Waals surface area contributed by atoms with Crippen molar-refractivity contribution in [2.24, 2.45) is 0 Å². The van der Waals surface area contributed by atoms with E-state index < -0.39 is 0 Å². The molecule has 1 aromatic rings. The smallest absolute Gasteiger partial charge is 0.121 e. The predicted molar refractivity (Wildman–Crippen MR) is 83.7 cm³/mol. The summed E-state index contributed by atoms with van der Waals surface area (Å²) in [5.41, 5.74) is 2.75. The molecule has 3 rings (SSSR count). The molecule has 2 heterocycles. The van der Waals surface area contributed by atoms with Crippen molar-refractivity contribution in [3.8, 4) is 5.75 Å². The van der Waals surface area contributed by atoms with Crippen LogP contribution in [0, 0.1) is 0 Å². The van der Waals surface area contributed by atoms with Gasteiger partial charge in [-0.25, -0.2) is 0 Å². The van der Waals surface area contributed by atoms with Crippen molar-refractivity contribution < 1.29 is 4.74 Å². The van der Waals surface area contributed by atoms with Crippen LogP contribution in [0.1, 0.15) is 44.6 Å². The van der Waals surface area contributed by atoms with Gasteiger partial charge in [-0.05, 0) is 58.3 Å². The fourth-order valence-electron chi connectivity index (χ4n) is 3.55. The number of ether oxygens (including phenoxy) is 1. The summed E-state index contributed by atoms with van der Waals surface area (Å²) in [6.45, 7) is 6.47. The highest BCUT2D eigenvalue weighted by atomic mass is 16.5. The molecule has 0 spiro atoms. The Morgan fingerprint density at radius 2 is 2.25 bits per heavy atom. The van der Waals surface area contributed by atoms with Crippen LogP contribution in [0.4, 0.5) is 5.69 Å². The standard InChI is InChI=1S/C17H26N2O/c1-12(2)20-15-6-7-16-13(11-18-17(16)10-15)9-14-5-4-8-19(14)3/h6-7,10,12-14,18H,4-5,8-9,11H2,1-3H3/t13?,14-/m1/s1. The number of likely N-dealkylation sites (tertiary alicyclic amines) is 1. The molecule has 0 amide bonds. The maximum atomic E-state index is 5.78. The van der Waals surface area contributed by atoms with E-state index >= 15 is 0 Å². The van der Waals surface area contributed by atoms with Crippen LogP contribution >= 0.6 is 0 Å².